The van der Waals surface area contributed by atoms with E-state index in [4.69, 9.17) is 0 Å². The van der Waals surface area contributed by atoms with Gasteiger partial charge in [-0.25, -0.2) is 9.66 Å². The van der Waals surface area contributed by atoms with Crippen LogP contribution in [-0.4, -0.2) is 25.2 Å². The van der Waals surface area contributed by atoms with E-state index < -0.39 is 22.9 Å². The summed E-state index contributed by atoms with van der Waals surface area (Å²) in [6.45, 7) is 1.82. The van der Waals surface area contributed by atoms with Crippen molar-refractivity contribution in [2.75, 3.05) is 5.43 Å². The monoisotopic (exact) mass is 390 g/mol. The van der Waals surface area contributed by atoms with Crippen molar-refractivity contribution in [2.24, 2.45) is 7.05 Å². The summed E-state index contributed by atoms with van der Waals surface area (Å²) in [5.41, 5.74) is 2.15. The lowest BCUT2D eigenvalue weighted by molar-refractivity contribution is 0.100. The number of aromatic nitrogens is 3. The minimum absolute atomic E-state index is 0.0928. The van der Waals surface area contributed by atoms with Crippen LogP contribution >= 0.6 is 0 Å². The first-order valence-electron chi connectivity index (χ1n) is 9.06. The lowest BCUT2D eigenvalue weighted by Crippen LogP contribution is -2.37. The molecule has 0 aliphatic heterocycles. The molecule has 29 heavy (non-hydrogen) atoms. The fourth-order valence-corrected chi connectivity index (χ4v) is 3.37. The standard InChI is InChI=1S/C21H18N4O4/c1-3-16-22-15-11-7-6-10-14(15)20(28)25(16)23-18(26)17-12-8-4-5-9-13(12)19(27)24(2)21(17)29/h4-11,29H,3H2,1-2H3,(H,23,26). The number of aryl methyl sites for hydroxylation is 1. The Morgan fingerprint density at radius 3 is 2.31 bits per heavy atom. The predicted octanol–water partition coefficient (Wildman–Crippen LogP) is 1.90. The molecule has 146 valence electrons. The van der Waals surface area contributed by atoms with Gasteiger partial charge in [-0.1, -0.05) is 37.3 Å². The molecule has 0 aliphatic carbocycles. The Kier molecular flexibility index (Phi) is 4.38. The normalized spacial score (nSPS) is 11.1. The highest BCUT2D eigenvalue weighted by molar-refractivity contribution is 6.12. The Hall–Kier alpha value is -3.94. The third-order valence-electron chi connectivity index (χ3n) is 4.87. The summed E-state index contributed by atoms with van der Waals surface area (Å²) < 4.78 is 2.09. The van der Waals surface area contributed by atoms with Gasteiger partial charge in [-0.05, 0) is 18.2 Å². The van der Waals surface area contributed by atoms with Gasteiger partial charge in [-0.2, -0.15) is 0 Å². The number of nitrogens with one attached hydrogen (secondary N) is 1. The zero-order valence-corrected chi connectivity index (χ0v) is 15.8. The molecule has 2 N–H and O–H groups in total. The largest absolute Gasteiger partial charge is 0.494 e. The Labute approximate surface area is 164 Å². The van der Waals surface area contributed by atoms with Crippen molar-refractivity contribution in [3.63, 3.8) is 0 Å². The smallest absolute Gasteiger partial charge is 0.280 e. The highest BCUT2D eigenvalue weighted by Gasteiger charge is 2.22. The maximum Gasteiger partial charge on any atom is 0.280 e. The fraction of sp³-hybridized carbons (Fsp3) is 0.143. The van der Waals surface area contributed by atoms with E-state index in [2.05, 4.69) is 10.4 Å². The molecule has 0 atom stereocenters. The maximum absolute atomic E-state index is 13.1. The van der Waals surface area contributed by atoms with E-state index in [1.54, 1.807) is 48.5 Å². The van der Waals surface area contributed by atoms with Crippen molar-refractivity contribution in [1.29, 1.82) is 0 Å². The summed E-state index contributed by atoms with van der Waals surface area (Å²) in [7, 11) is 1.38. The topological polar surface area (TPSA) is 106 Å². The minimum atomic E-state index is -0.719. The molecular formula is C21H18N4O4. The van der Waals surface area contributed by atoms with Gasteiger partial charge in [0.15, 0.2) is 0 Å². The Morgan fingerprint density at radius 2 is 1.62 bits per heavy atom. The van der Waals surface area contributed by atoms with Crippen LogP contribution in [0.25, 0.3) is 21.7 Å². The molecule has 4 rings (SSSR count). The van der Waals surface area contributed by atoms with E-state index in [-0.39, 0.29) is 10.9 Å². The summed E-state index contributed by atoms with van der Waals surface area (Å²) in [5, 5.41) is 11.4. The van der Waals surface area contributed by atoms with Crippen molar-refractivity contribution in [1.82, 2.24) is 14.2 Å². The van der Waals surface area contributed by atoms with Gasteiger partial charge in [0.25, 0.3) is 17.0 Å². The number of amides is 1. The highest BCUT2D eigenvalue weighted by atomic mass is 16.3. The molecule has 2 aromatic carbocycles. The lowest BCUT2D eigenvalue weighted by Gasteiger charge is -2.16. The van der Waals surface area contributed by atoms with Gasteiger partial charge in [-0.15, -0.1) is 0 Å². The van der Waals surface area contributed by atoms with Crippen LogP contribution in [-0.2, 0) is 13.5 Å². The molecule has 2 aromatic heterocycles. The van der Waals surface area contributed by atoms with Crippen LogP contribution in [0, 0.1) is 0 Å². The van der Waals surface area contributed by atoms with Crippen molar-refractivity contribution in [3.05, 3.63) is 80.6 Å². The van der Waals surface area contributed by atoms with Crippen LogP contribution in [0.3, 0.4) is 0 Å². The number of carbonyl (C=O) groups is 1. The van der Waals surface area contributed by atoms with E-state index in [0.717, 1.165) is 9.24 Å². The summed E-state index contributed by atoms with van der Waals surface area (Å²) in [6.07, 6.45) is 0.403. The minimum Gasteiger partial charge on any atom is -0.494 e. The average Bonchev–Trinajstić information content (AvgIpc) is 2.74. The molecule has 0 fully saturated rings. The number of benzene rings is 2. The van der Waals surface area contributed by atoms with Crippen LogP contribution in [0.4, 0.5) is 0 Å². The molecule has 8 nitrogen and oxygen atoms in total. The van der Waals surface area contributed by atoms with Crippen LogP contribution in [0.1, 0.15) is 23.1 Å². The molecule has 0 saturated heterocycles. The van der Waals surface area contributed by atoms with E-state index in [1.807, 2.05) is 6.92 Å². The molecule has 4 aromatic rings. The van der Waals surface area contributed by atoms with Gasteiger partial charge in [-0.3, -0.25) is 24.4 Å². The number of aromatic hydroxyl groups is 1. The first-order valence-corrected chi connectivity index (χ1v) is 9.06. The van der Waals surface area contributed by atoms with Crippen molar-refractivity contribution in [3.8, 4) is 5.88 Å². The average molecular weight is 390 g/mol. The van der Waals surface area contributed by atoms with Gasteiger partial charge in [0.1, 0.15) is 11.4 Å². The molecule has 0 saturated carbocycles. The molecule has 1 amide bonds. The maximum atomic E-state index is 13.1. The zero-order valence-electron chi connectivity index (χ0n) is 15.8. The van der Waals surface area contributed by atoms with Gasteiger partial charge in [0.05, 0.1) is 10.9 Å². The number of rotatable bonds is 3. The van der Waals surface area contributed by atoms with Crippen molar-refractivity contribution in [2.45, 2.75) is 13.3 Å². The number of nitrogens with zero attached hydrogens (tertiary/aromatic N) is 3. The molecule has 2 heterocycles. The summed E-state index contributed by atoms with van der Waals surface area (Å²) in [6, 6.07) is 13.4. The predicted molar refractivity (Wildman–Crippen MR) is 110 cm³/mol. The summed E-state index contributed by atoms with van der Waals surface area (Å²) in [4.78, 5) is 42.9. The summed E-state index contributed by atoms with van der Waals surface area (Å²) >= 11 is 0. The Bertz CT molecular complexity index is 1400. The zero-order chi connectivity index (χ0) is 20.7. The number of hydrogen-bond donors (Lipinski definition) is 2. The van der Waals surface area contributed by atoms with E-state index in [1.165, 1.54) is 7.05 Å². The highest BCUT2D eigenvalue weighted by Crippen LogP contribution is 2.24. The first-order chi connectivity index (χ1) is 13.9. The van der Waals surface area contributed by atoms with Crippen molar-refractivity contribution >= 4 is 27.6 Å². The third-order valence-corrected chi connectivity index (χ3v) is 4.87. The van der Waals surface area contributed by atoms with Gasteiger partial charge < -0.3 is 5.11 Å². The number of hydrogen-bond acceptors (Lipinski definition) is 5. The number of para-hydroxylation sites is 1. The molecule has 0 bridgehead atoms. The second-order valence-electron chi connectivity index (χ2n) is 6.59. The van der Waals surface area contributed by atoms with E-state index in [0.29, 0.717) is 28.5 Å². The fourth-order valence-electron chi connectivity index (χ4n) is 3.37. The van der Waals surface area contributed by atoms with E-state index in [9.17, 15) is 19.5 Å². The number of fused-ring (bicyclic) bond motifs is 2. The van der Waals surface area contributed by atoms with Gasteiger partial charge in [0.2, 0.25) is 5.88 Å². The van der Waals surface area contributed by atoms with Crippen LogP contribution < -0.4 is 16.5 Å². The first kappa shape index (κ1) is 18.4. The molecule has 0 spiro atoms. The molecule has 0 unspecified atom stereocenters. The van der Waals surface area contributed by atoms with Crippen molar-refractivity contribution < 1.29 is 9.90 Å². The van der Waals surface area contributed by atoms with Gasteiger partial charge >= 0.3 is 0 Å². The SMILES string of the molecule is CCc1nc2ccccc2c(=O)n1NC(=O)c1c(O)n(C)c(=O)c2ccccc12. The number of pyridine rings is 1. The molecule has 0 radical (unpaired) electrons. The van der Waals surface area contributed by atoms with E-state index >= 15 is 0 Å². The van der Waals surface area contributed by atoms with Crippen LogP contribution in [0.2, 0.25) is 0 Å². The summed E-state index contributed by atoms with van der Waals surface area (Å²) in [5.74, 6) is -0.829. The lowest BCUT2D eigenvalue weighted by atomic mass is 10.1. The second kappa shape index (κ2) is 6.90. The molecular weight excluding hydrogens is 372 g/mol. The number of carbonyl (C=O) groups excluding carboxylic acids is 1. The quantitative estimate of drug-likeness (QED) is 0.556. The Morgan fingerprint density at radius 1 is 1.00 bits per heavy atom. The molecule has 8 heteroatoms. The second-order valence-corrected chi connectivity index (χ2v) is 6.59. The molecule has 0 aliphatic rings. The third kappa shape index (κ3) is 2.85. The van der Waals surface area contributed by atoms with Gasteiger partial charge in [0, 0.05) is 24.2 Å². The Balaban J connectivity index is 1.92. The van der Waals surface area contributed by atoms with Crippen LogP contribution in [0.15, 0.2) is 58.1 Å². The van der Waals surface area contributed by atoms with Crippen LogP contribution in [0.5, 0.6) is 5.88 Å².